The Morgan fingerprint density at radius 3 is 1.94 bits per heavy atom. The van der Waals surface area contributed by atoms with Gasteiger partial charge in [-0.3, -0.25) is 0 Å². The van der Waals surface area contributed by atoms with Gasteiger partial charge < -0.3 is 19.5 Å². The highest BCUT2D eigenvalue weighted by molar-refractivity contribution is 5.80. The Morgan fingerprint density at radius 2 is 1.45 bits per heavy atom. The molecule has 176 valence electrons. The highest BCUT2D eigenvalue weighted by atomic mass is 19.4. The van der Waals surface area contributed by atoms with Gasteiger partial charge in [-0.05, 0) is 22.3 Å². The second-order valence-electron chi connectivity index (χ2n) is 7.35. The van der Waals surface area contributed by atoms with Crippen molar-refractivity contribution in [2.75, 3.05) is 13.2 Å². The Hall–Kier alpha value is -3.28. The number of nitrogens with one attached hydrogen (secondary N) is 1. The maximum atomic E-state index is 13.0. The molecule has 1 amide bonds. The first-order valence-corrected chi connectivity index (χ1v) is 9.57. The van der Waals surface area contributed by atoms with Gasteiger partial charge in [0.2, 0.25) is 0 Å². The number of alkyl carbamates (subject to hydrolysis) is 1. The zero-order valence-electron chi connectivity index (χ0n) is 16.5. The molecule has 1 saturated heterocycles. The van der Waals surface area contributed by atoms with E-state index < -0.39 is 42.9 Å². The normalized spacial score (nSPS) is 19.6. The van der Waals surface area contributed by atoms with E-state index in [9.17, 15) is 35.9 Å². The zero-order valence-corrected chi connectivity index (χ0v) is 16.5. The van der Waals surface area contributed by atoms with Crippen molar-refractivity contribution in [2.24, 2.45) is 0 Å². The molecule has 6 nitrogen and oxygen atoms in total. The fraction of sp³-hybridized carbons (Fsp3) is 0.333. The summed E-state index contributed by atoms with van der Waals surface area (Å²) < 4.78 is 90.3. The molecule has 1 aliphatic carbocycles. The molecule has 0 unspecified atom stereocenters. The lowest BCUT2D eigenvalue weighted by Gasteiger charge is -2.30. The van der Waals surface area contributed by atoms with E-state index >= 15 is 0 Å². The zero-order chi connectivity index (χ0) is 24.0. The Bertz CT molecular complexity index is 1020. The highest BCUT2D eigenvalue weighted by Crippen LogP contribution is 2.50. The molecular formula is C21H15F6NO5. The second kappa shape index (κ2) is 7.94. The number of alkyl halides is 6. The van der Waals surface area contributed by atoms with Crippen LogP contribution in [0.2, 0.25) is 0 Å². The van der Waals surface area contributed by atoms with Gasteiger partial charge in [-0.1, -0.05) is 48.5 Å². The molecule has 1 N–H and O–H groups in total. The highest BCUT2D eigenvalue weighted by Gasteiger charge is 2.80. The van der Waals surface area contributed by atoms with Crippen LogP contribution in [0.3, 0.4) is 0 Å². The van der Waals surface area contributed by atoms with Gasteiger partial charge in [0.1, 0.15) is 6.61 Å². The summed E-state index contributed by atoms with van der Waals surface area (Å²) in [6.07, 6.45) is -15.6. The van der Waals surface area contributed by atoms with Gasteiger partial charge in [0.15, 0.2) is 6.10 Å². The molecule has 1 atom stereocenters. The van der Waals surface area contributed by atoms with Gasteiger partial charge in [0.05, 0.1) is 6.54 Å². The van der Waals surface area contributed by atoms with Crippen molar-refractivity contribution < 1.29 is 50.1 Å². The molecule has 12 heteroatoms. The van der Waals surface area contributed by atoms with E-state index in [1.165, 1.54) is 0 Å². The number of esters is 1. The number of amides is 1. The third-order valence-electron chi connectivity index (χ3n) is 5.34. The number of hydrogen-bond acceptors (Lipinski definition) is 5. The minimum Gasteiger partial charge on any atom is -0.449 e. The van der Waals surface area contributed by atoms with Crippen LogP contribution in [0, 0.1) is 0 Å². The molecule has 0 radical (unpaired) electrons. The Morgan fingerprint density at radius 1 is 0.939 bits per heavy atom. The third kappa shape index (κ3) is 3.88. The maximum Gasteiger partial charge on any atom is 0.465 e. The quantitative estimate of drug-likeness (QED) is 0.528. The van der Waals surface area contributed by atoms with E-state index in [2.05, 4.69) is 9.47 Å². The Kier molecular flexibility index (Phi) is 5.51. The van der Waals surface area contributed by atoms with Gasteiger partial charge in [-0.25, -0.2) is 9.59 Å². The van der Waals surface area contributed by atoms with Crippen molar-refractivity contribution in [1.29, 1.82) is 0 Å². The largest absolute Gasteiger partial charge is 0.465 e. The van der Waals surface area contributed by atoms with Gasteiger partial charge >= 0.3 is 30.2 Å². The second-order valence-corrected chi connectivity index (χ2v) is 7.35. The summed E-state index contributed by atoms with van der Waals surface area (Å²) in [5.74, 6) is -7.33. The number of rotatable bonds is 4. The molecule has 0 saturated carbocycles. The van der Waals surface area contributed by atoms with E-state index in [0.29, 0.717) is 0 Å². The Balaban J connectivity index is 1.39. The number of hydrogen-bond donors (Lipinski definition) is 1. The van der Waals surface area contributed by atoms with E-state index in [1.54, 1.807) is 0 Å². The molecule has 4 rings (SSSR count). The predicted octanol–water partition coefficient (Wildman–Crippen LogP) is 4.29. The van der Waals surface area contributed by atoms with Crippen molar-refractivity contribution in [2.45, 2.75) is 30.2 Å². The predicted molar refractivity (Wildman–Crippen MR) is 98.9 cm³/mol. The molecule has 2 aliphatic rings. The van der Waals surface area contributed by atoms with Crippen molar-refractivity contribution in [1.82, 2.24) is 5.32 Å². The van der Waals surface area contributed by atoms with Crippen LogP contribution in [0.1, 0.15) is 17.0 Å². The fourth-order valence-corrected chi connectivity index (χ4v) is 3.84. The molecular weight excluding hydrogens is 460 g/mol. The lowest BCUT2D eigenvalue weighted by molar-refractivity contribution is -0.439. The number of benzene rings is 2. The van der Waals surface area contributed by atoms with Crippen LogP contribution in [-0.2, 0) is 19.0 Å². The molecule has 2 aromatic rings. The van der Waals surface area contributed by atoms with Gasteiger partial charge in [-0.15, -0.1) is 0 Å². The van der Waals surface area contributed by atoms with Crippen LogP contribution in [0.15, 0.2) is 48.5 Å². The SMILES string of the molecule is O=C(NC[C@@H]1OC(C(F)(F)F)(C(F)(F)F)OC1=O)OCC1c2ccccc2-c2ccccc21. The van der Waals surface area contributed by atoms with Gasteiger partial charge in [0.25, 0.3) is 0 Å². The van der Waals surface area contributed by atoms with Crippen LogP contribution in [0.5, 0.6) is 0 Å². The monoisotopic (exact) mass is 475 g/mol. The van der Waals surface area contributed by atoms with Crippen LogP contribution < -0.4 is 5.32 Å². The lowest BCUT2D eigenvalue weighted by Crippen LogP contribution is -2.58. The summed E-state index contributed by atoms with van der Waals surface area (Å²) in [7, 11) is 0. The standard InChI is InChI=1S/C21H15F6NO5/c22-20(23,24)19(21(25,26)27)32-16(17(29)33-19)9-28-18(30)31-10-15-13-7-3-1-5-11(13)12-6-2-4-8-14(12)15/h1-8,15-16H,9-10H2,(H,28,30)/t16-/m0/s1. The van der Waals surface area contributed by atoms with Crippen molar-refractivity contribution in [3.05, 3.63) is 59.7 Å². The molecule has 0 aromatic heterocycles. The molecule has 1 heterocycles. The summed E-state index contributed by atoms with van der Waals surface area (Å²) in [5, 5.41) is 1.95. The topological polar surface area (TPSA) is 73.9 Å². The molecule has 0 spiro atoms. The van der Waals surface area contributed by atoms with Crippen molar-refractivity contribution >= 4 is 12.1 Å². The van der Waals surface area contributed by atoms with Gasteiger partial charge in [0, 0.05) is 5.92 Å². The summed E-state index contributed by atoms with van der Waals surface area (Å²) in [6, 6.07) is 14.9. The van der Waals surface area contributed by atoms with Crippen LogP contribution in [0.25, 0.3) is 11.1 Å². The third-order valence-corrected chi connectivity index (χ3v) is 5.34. The van der Waals surface area contributed by atoms with Crippen LogP contribution in [-0.4, -0.2) is 49.5 Å². The lowest BCUT2D eigenvalue weighted by atomic mass is 9.98. The summed E-state index contributed by atoms with van der Waals surface area (Å²) in [5.41, 5.74) is 3.71. The number of carbonyl (C=O) groups excluding carboxylic acids is 2. The number of cyclic esters (lactones) is 1. The minimum absolute atomic E-state index is 0.148. The number of ether oxygens (including phenoxy) is 3. The van der Waals surface area contributed by atoms with Crippen molar-refractivity contribution in [3.63, 3.8) is 0 Å². The molecule has 2 aromatic carbocycles. The average molecular weight is 475 g/mol. The Labute approximate surface area is 182 Å². The van der Waals surface area contributed by atoms with Crippen molar-refractivity contribution in [3.8, 4) is 11.1 Å². The van der Waals surface area contributed by atoms with E-state index in [0.717, 1.165) is 22.3 Å². The van der Waals surface area contributed by atoms with Crippen LogP contribution in [0.4, 0.5) is 31.1 Å². The molecule has 1 fully saturated rings. The van der Waals surface area contributed by atoms with Crippen LogP contribution >= 0.6 is 0 Å². The average Bonchev–Trinajstić information content (AvgIpc) is 3.26. The molecule has 0 bridgehead atoms. The maximum absolute atomic E-state index is 13.0. The van der Waals surface area contributed by atoms with E-state index in [4.69, 9.17) is 4.74 Å². The smallest absolute Gasteiger partial charge is 0.449 e. The number of halogens is 6. The first kappa shape index (κ1) is 22.9. The number of fused-ring (bicyclic) bond motifs is 3. The van der Waals surface area contributed by atoms with E-state index in [1.807, 2.05) is 53.8 Å². The minimum atomic E-state index is -6.07. The first-order valence-electron chi connectivity index (χ1n) is 9.57. The fourth-order valence-electron chi connectivity index (χ4n) is 3.84. The summed E-state index contributed by atoms with van der Waals surface area (Å²) in [4.78, 5) is 23.7. The first-order chi connectivity index (χ1) is 15.4. The summed E-state index contributed by atoms with van der Waals surface area (Å²) >= 11 is 0. The van der Waals surface area contributed by atoms with E-state index in [-0.39, 0.29) is 12.5 Å². The van der Waals surface area contributed by atoms with Gasteiger partial charge in [-0.2, -0.15) is 26.3 Å². The summed E-state index contributed by atoms with van der Waals surface area (Å²) in [6.45, 7) is -1.16. The number of carbonyl (C=O) groups is 2. The molecule has 1 aliphatic heterocycles. The molecule has 33 heavy (non-hydrogen) atoms.